The Kier molecular flexibility index (Phi) is 4.78. The fraction of sp³-hybridized carbons (Fsp3) is 0.412. The number of carboxylic acid groups (broad SMARTS) is 1. The number of aliphatic carboxylic acids is 1. The number of benzene rings is 1. The molecule has 2 N–H and O–H groups in total. The van der Waals surface area contributed by atoms with Crippen LogP contribution in [0.2, 0.25) is 0 Å². The first kappa shape index (κ1) is 15.3. The van der Waals surface area contributed by atoms with Gasteiger partial charge in [0.1, 0.15) is 0 Å². The zero-order valence-corrected chi connectivity index (χ0v) is 12.4. The molecular formula is C17H21NO3. The molecule has 112 valence electrons. The summed E-state index contributed by atoms with van der Waals surface area (Å²) < 4.78 is 0. The highest BCUT2D eigenvalue weighted by atomic mass is 16.4. The minimum absolute atomic E-state index is 0.218. The van der Waals surface area contributed by atoms with Crippen LogP contribution in [0.1, 0.15) is 38.2 Å². The van der Waals surface area contributed by atoms with Crippen molar-refractivity contribution in [3.63, 3.8) is 0 Å². The predicted molar refractivity (Wildman–Crippen MR) is 82.2 cm³/mol. The molecule has 1 aromatic rings. The highest BCUT2D eigenvalue weighted by Gasteiger charge is 2.33. The fourth-order valence-electron chi connectivity index (χ4n) is 2.56. The second-order valence-corrected chi connectivity index (χ2v) is 5.76. The second-order valence-electron chi connectivity index (χ2n) is 5.76. The highest BCUT2D eigenvalue weighted by Crippen LogP contribution is 2.27. The zero-order valence-electron chi connectivity index (χ0n) is 12.4. The molecule has 0 aliphatic heterocycles. The molecule has 0 spiro atoms. The summed E-state index contributed by atoms with van der Waals surface area (Å²) in [4.78, 5) is 23.5. The Morgan fingerprint density at radius 2 is 1.67 bits per heavy atom. The van der Waals surface area contributed by atoms with Gasteiger partial charge in [-0.15, -0.1) is 0 Å². The molecular weight excluding hydrogens is 266 g/mol. The third-order valence-corrected chi connectivity index (χ3v) is 3.93. The van der Waals surface area contributed by atoms with E-state index < -0.39 is 17.8 Å². The van der Waals surface area contributed by atoms with Gasteiger partial charge < -0.3 is 10.4 Å². The minimum Gasteiger partial charge on any atom is -0.481 e. The molecule has 4 nitrogen and oxygen atoms in total. The maximum Gasteiger partial charge on any atom is 0.307 e. The van der Waals surface area contributed by atoms with E-state index in [1.54, 1.807) is 0 Å². The predicted octanol–water partition coefficient (Wildman–Crippen LogP) is 3.42. The molecule has 1 aliphatic carbocycles. The number of amides is 1. The minimum atomic E-state index is -0.908. The maximum absolute atomic E-state index is 12.3. The summed E-state index contributed by atoms with van der Waals surface area (Å²) in [7, 11) is 0. The number of rotatable bonds is 4. The third-order valence-electron chi connectivity index (χ3n) is 3.93. The van der Waals surface area contributed by atoms with Crippen LogP contribution in [0.25, 0.3) is 0 Å². The Morgan fingerprint density at radius 1 is 1.10 bits per heavy atom. The van der Waals surface area contributed by atoms with E-state index in [4.69, 9.17) is 0 Å². The summed E-state index contributed by atoms with van der Waals surface area (Å²) in [6.45, 7) is 4.22. The van der Waals surface area contributed by atoms with Crippen LogP contribution in [0.15, 0.2) is 36.4 Å². The molecule has 4 heteroatoms. The maximum atomic E-state index is 12.3. The molecule has 0 heterocycles. The van der Waals surface area contributed by atoms with Gasteiger partial charge in [-0.25, -0.2) is 0 Å². The smallest absolute Gasteiger partial charge is 0.307 e. The number of nitrogens with one attached hydrogen (secondary N) is 1. The molecule has 0 aromatic heterocycles. The van der Waals surface area contributed by atoms with Gasteiger partial charge in [0.25, 0.3) is 0 Å². The number of carbonyl (C=O) groups is 2. The van der Waals surface area contributed by atoms with Crippen molar-refractivity contribution in [1.82, 2.24) is 0 Å². The van der Waals surface area contributed by atoms with Crippen LogP contribution in [0.3, 0.4) is 0 Å². The average molecular weight is 287 g/mol. The number of anilines is 1. The Balaban J connectivity index is 2.06. The van der Waals surface area contributed by atoms with Crippen molar-refractivity contribution in [1.29, 1.82) is 0 Å². The van der Waals surface area contributed by atoms with Crippen LogP contribution in [-0.2, 0) is 9.59 Å². The summed E-state index contributed by atoms with van der Waals surface area (Å²) in [6, 6.07) is 7.69. The summed E-state index contributed by atoms with van der Waals surface area (Å²) in [6.07, 6.45) is 4.61. The first-order valence-corrected chi connectivity index (χ1v) is 7.27. The first-order valence-electron chi connectivity index (χ1n) is 7.27. The third kappa shape index (κ3) is 3.72. The molecule has 21 heavy (non-hydrogen) atoms. The van der Waals surface area contributed by atoms with Crippen molar-refractivity contribution in [3.05, 3.63) is 42.0 Å². The van der Waals surface area contributed by atoms with Crippen LogP contribution < -0.4 is 5.32 Å². The molecule has 1 amide bonds. The van der Waals surface area contributed by atoms with E-state index >= 15 is 0 Å². The van der Waals surface area contributed by atoms with Crippen molar-refractivity contribution >= 4 is 17.6 Å². The number of allylic oxidation sites excluding steroid dienone is 2. The normalized spacial score (nSPS) is 21.3. The van der Waals surface area contributed by atoms with E-state index in [0.29, 0.717) is 24.4 Å². The summed E-state index contributed by atoms with van der Waals surface area (Å²) in [5.74, 6) is -1.82. The van der Waals surface area contributed by atoms with Gasteiger partial charge in [0.2, 0.25) is 5.91 Å². The Hall–Kier alpha value is -2.10. The highest BCUT2D eigenvalue weighted by molar-refractivity contribution is 5.95. The van der Waals surface area contributed by atoms with Crippen LogP contribution >= 0.6 is 0 Å². The molecule has 0 saturated heterocycles. The lowest BCUT2D eigenvalue weighted by molar-refractivity contribution is -0.146. The quantitative estimate of drug-likeness (QED) is 0.834. The molecule has 1 aliphatic rings. The number of hydrogen-bond acceptors (Lipinski definition) is 2. The standard InChI is InChI=1S/C17H21NO3/c1-11(2)12-7-9-13(10-8-12)18-16(19)14-5-3-4-6-15(14)17(20)21/h3-4,7-11,14-15H,5-6H2,1-2H3,(H,18,19)(H,20,21)/t14-,15+/m1/s1. The SMILES string of the molecule is CC(C)c1ccc(NC(=O)[C@@H]2CC=CC[C@@H]2C(=O)O)cc1. The van der Waals surface area contributed by atoms with E-state index in [0.717, 1.165) is 0 Å². The van der Waals surface area contributed by atoms with E-state index in [1.807, 2.05) is 36.4 Å². The van der Waals surface area contributed by atoms with Crippen LogP contribution in [0, 0.1) is 11.8 Å². The largest absolute Gasteiger partial charge is 0.481 e. The van der Waals surface area contributed by atoms with Crippen molar-refractivity contribution in [2.45, 2.75) is 32.6 Å². The van der Waals surface area contributed by atoms with Gasteiger partial charge in [-0.05, 0) is 36.5 Å². The number of carbonyl (C=O) groups excluding carboxylic acids is 1. The lowest BCUT2D eigenvalue weighted by Gasteiger charge is -2.24. The number of carboxylic acids is 1. The van der Waals surface area contributed by atoms with Crippen LogP contribution in [0.5, 0.6) is 0 Å². The molecule has 2 atom stereocenters. The van der Waals surface area contributed by atoms with Gasteiger partial charge in [-0.1, -0.05) is 38.1 Å². The molecule has 1 aromatic carbocycles. The molecule has 0 radical (unpaired) electrons. The van der Waals surface area contributed by atoms with Crippen molar-refractivity contribution in [2.24, 2.45) is 11.8 Å². The second kappa shape index (κ2) is 6.57. The molecule has 0 saturated carbocycles. The lowest BCUT2D eigenvalue weighted by Crippen LogP contribution is -2.34. The molecule has 0 bridgehead atoms. The first-order chi connectivity index (χ1) is 9.99. The Labute approximate surface area is 124 Å². The summed E-state index contributed by atoms with van der Waals surface area (Å²) >= 11 is 0. The van der Waals surface area contributed by atoms with Crippen LogP contribution in [0.4, 0.5) is 5.69 Å². The molecule has 0 unspecified atom stereocenters. The monoisotopic (exact) mass is 287 g/mol. The molecule has 0 fully saturated rings. The lowest BCUT2D eigenvalue weighted by atomic mass is 9.82. The summed E-state index contributed by atoms with van der Waals surface area (Å²) in [5.41, 5.74) is 1.92. The van der Waals surface area contributed by atoms with Crippen LogP contribution in [-0.4, -0.2) is 17.0 Å². The van der Waals surface area contributed by atoms with Crippen molar-refractivity contribution in [2.75, 3.05) is 5.32 Å². The topological polar surface area (TPSA) is 66.4 Å². The van der Waals surface area contributed by atoms with E-state index in [1.165, 1.54) is 5.56 Å². The van der Waals surface area contributed by atoms with Gasteiger partial charge in [-0.3, -0.25) is 9.59 Å². The van der Waals surface area contributed by atoms with E-state index in [-0.39, 0.29) is 5.91 Å². The Bertz CT molecular complexity index is 546. The van der Waals surface area contributed by atoms with Gasteiger partial charge in [-0.2, -0.15) is 0 Å². The van der Waals surface area contributed by atoms with Gasteiger partial charge in [0.15, 0.2) is 0 Å². The van der Waals surface area contributed by atoms with Crippen molar-refractivity contribution < 1.29 is 14.7 Å². The Morgan fingerprint density at radius 3 is 2.19 bits per heavy atom. The van der Waals surface area contributed by atoms with Gasteiger partial charge in [0.05, 0.1) is 11.8 Å². The fourth-order valence-corrected chi connectivity index (χ4v) is 2.56. The average Bonchev–Trinajstić information content (AvgIpc) is 2.47. The molecule has 2 rings (SSSR count). The van der Waals surface area contributed by atoms with Crippen molar-refractivity contribution in [3.8, 4) is 0 Å². The summed E-state index contributed by atoms with van der Waals surface area (Å²) in [5, 5.41) is 12.0. The van der Waals surface area contributed by atoms with E-state index in [2.05, 4.69) is 19.2 Å². The van der Waals surface area contributed by atoms with Gasteiger partial charge >= 0.3 is 5.97 Å². The van der Waals surface area contributed by atoms with Gasteiger partial charge in [0, 0.05) is 5.69 Å². The number of hydrogen-bond donors (Lipinski definition) is 2. The van der Waals surface area contributed by atoms with E-state index in [9.17, 15) is 14.7 Å². The zero-order chi connectivity index (χ0) is 15.4.